The summed E-state index contributed by atoms with van der Waals surface area (Å²) in [5, 5.41) is 5.50. The van der Waals surface area contributed by atoms with E-state index in [2.05, 4.69) is 40.5 Å². The first-order chi connectivity index (χ1) is 12.7. The van der Waals surface area contributed by atoms with Crippen molar-refractivity contribution in [1.82, 2.24) is 10.2 Å². The molecule has 0 heterocycles. The number of carbonyl (C=O) groups excluding carboxylic acids is 1. The van der Waals surface area contributed by atoms with Gasteiger partial charge in [-0.25, -0.2) is 0 Å². The van der Waals surface area contributed by atoms with E-state index in [-0.39, 0.29) is 18.3 Å². The molecule has 2 aromatic rings. The van der Waals surface area contributed by atoms with Crippen LogP contribution in [0.4, 0.5) is 0 Å². The van der Waals surface area contributed by atoms with Crippen LogP contribution in [-0.4, -0.2) is 37.6 Å². The van der Waals surface area contributed by atoms with Gasteiger partial charge in [0.25, 0.3) is 0 Å². The first kappa shape index (κ1) is 21.5. The number of amides is 1. The molecule has 1 aliphatic rings. The van der Waals surface area contributed by atoms with Gasteiger partial charge in [0.05, 0.1) is 13.7 Å². The molecule has 0 aromatic heterocycles. The number of hydrogen-bond acceptors (Lipinski definition) is 3. The zero-order valence-corrected chi connectivity index (χ0v) is 17.2. The molecule has 0 saturated heterocycles. The average Bonchev–Trinajstić information content (AvgIpc) is 3.20. The highest BCUT2D eigenvalue weighted by molar-refractivity contribution is 5.88. The Balaban J connectivity index is 0.00000261. The summed E-state index contributed by atoms with van der Waals surface area (Å²) in [6, 6.07) is 12.8. The summed E-state index contributed by atoms with van der Waals surface area (Å²) in [6.07, 6.45) is 6.15. The maximum Gasteiger partial charge on any atom is 0.223 e. The Kier molecular flexibility index (Phi) is 8.39. The summed E-state index contributed by atoms with van der Waals surface area (Å²) < 4.78 is 5.65. The second-order valence-corrected chi connectivity index (χ2v) is 7.13. The number of ether oxygens (including phenoxy) is 1. The molecule has 0 aliphatic heterocycles. The minimum atomic E-state index is 0. The molecule has 1 N–H and O–H groups in total. The van der Waals surface area contributed by atoms with E-state index in [0.29, 0.717) is 19.0 Å². The molecular formula is C22H31ClN2O2. The van der Waals surface area contributed by atoms with Crippen LogP contribution in [0, 0.1) is 0 Å². The van der Waals surface area contributed by atoms with Crippen molar-refractivity contribution < 1.29 is 9.53 Å². The van der Waals surface area contributed by atoms with Crippen molar-refractivity contribution in [2.45, 2.75) is 51.1 Å². The number of rotatable bonds is 8. The Morgan fingerprint density at radius 3 is 2.63 bits per heavy atom. The Labute approximate surface area is 168 Å². The SMILES string of the molecule is CNCCCC(=O)N(Cc1c(OC)ccc2ccccc12)C1CCCC1.Cl. The molecule has 5 heteroatoms. The number of hydrogen-bond donors (Lipinski definition) is 1. The van der Waals surface area contributed by atoms with Gasteiger partial charge in [-0.1, -0.05) is 43.2 Å². The summed E-state index contributed by atoms with van der Waals surface area (Å²) in [4.78, 5) is 15.1. The fourth-order valence-electron chi connectivity index (χ4n) is 4.04. The largest absolute Gasteiger partial charge is 0.496 e. The van der Waals surface area contributed by atoms with Crippen LogP contribution in [0.1, 0.15) is 44.1 Å². The molecule has 0 radical (unpaired) electrons. The quantitative estimate of drug-likeness (QED) is 0.673. The van der Waals surface area contributed by atoms with Crippen LogP contribution in [0.2, 0.25) is 0 Å². The van der Waals surface area contributed by atoms with Gasteiger partial charge in [-0.15, -0.1) is 12.4 Å². The number of carbonyl (C=O) groups is 1. The number of halogens is 1. The van der Waals surface area contributed by atoms with Gasteiger partial charge in [0.2, 0.25) is 5.91 Å². The van der Waals surface area contributed by atoms with E-state index in [1.54, 1.807) is 7.11 Å². The molecule has 27 heavy (non-hydrogen) atoms. The fourth-order valence-corrected chi connectivity index (χ4v) is 4.04. The highest BCUT2D eigenvalue weighted by atomic mass is 35.5. The van der Waals surface area contributed by atoms with Crippen molar-refractivity contribution in [2.75, 3.05) is 20.7 Å². The summed E-state index contributed by atoms with van der Waals surface area (Å²) in [7, 11) is 3.64. The van der Waals surface area contributed by atoms with Gasteiger partial charge in [0.15, 0.2) is 0 Å². The van der Waals surface area contributed by atoms with Crippen molar-refractivity contribution in [3.05, 3.63) is 42.0 Å². The number of benzene rings is 2. The number of nitrogens with zero attached hydrogens (tertiary/aromatic N) is 1. The average molecular weight is 391 g/mol. The highest BCUT2D eigenvalue weighted by Crippen LogP contribution is 2.32. The van der Waals surface area contributed by atoms with Gasteiger partial charge in [-0.3, -0.25) is 4.79 Å². The normalized spacial score (nSPS) is 14.1. The second-order valence-electron chi connectivity index (χ2n) is 7.13. The van der Waals surface area contributed by atoms with E-state index >= 15 is 0 Å². The van der Waals surface area contributed by atoms with E-state index in [0.717, 1.165) is 37.1 Å². The van der Waals surface area contributed by atoms with E-state index < -0.39 is 0 Å². The van der Waals surface area contributed by atoms with Crippen LogP contribution < -0.4 is 10.1 Å². The molecule has 1 amide bonds. The molecular weight excluding hydrogens is 360 g/mol. The van der Waals surface area contributed by atoms with Crippen molar-refractivity contribution in [3.8, 4) is 5.75 Å². The second kappa shape index (κ2) is 10.5. The first-order valence-electron chi connectivity index (χ1n) is 9.73. The maximum absolute atomic E-state index is 13.0. The van der Waals surface area contributed by atoms with Crippen LogP contribution >= 0.6 is 12.4 Å². The third-order valence-corrected chi connectivity index (χ3v) is 5.45. The molecule has 1 saturated carbocycles. The topological polar surface area (TPSA) is 41.6 Å². The number of fused-ring (bicyclic) bond motifs is 1. The number of methoxy groups -OCH3 is 1. The predicted molar refractivity (Wildman–Crippen MR) is 114 cm³/mol. The zero-order valence-electron chi connectivity index (χ0n) is 16.4. The molecule has 2 aromatic carbocycles. The molecule has 0 atom stereocenters. The molecule has 4 nitrogen and oxygen atoms in total. The standard InChI is InChI=1S/C22H30N2O2.ClH/c1-23-15-7-12-22(25)24(18-9-4-5-10-18)16-20-19-11-6-3-8-17(19)13-14-21(20)26-2;/h3,6,8,11,13-14,18,23H,4-5,7,9-10,12,15-16H2,1-2H3;1H. The lowest BCUT2D eigenvalue weighted by atomic mass is 10.0. The van der Waals surface area contributed by atoms with Crippen LogP contribution in [0.25, 0.3) is 10.8 Å². The van der Waals surface area contributed by atoms with Crippen molar-refractivity contribution in [2.24, 2.45) is 0 Å². The summed E-state index contributed by atoms with van der Waals surface area (Å²) in [5.74, 6) is 1.14. The van der Waals surface area contributed by atoms with Gasteiger partial charge in [0.1, 0.15) is 5.75 Å². The van der Waals surface area contributed by atoms with Gasteiger partial charge in [-0.2, -0.15) is 0 Å². The van der Waals surface area contributed by atoms with Gasteiger partial charge >= 0.3 is 0 Å². The Bertz CT molecular complexity index is 744. The predicted octanol–water partition coefficient (Wildman–Crippen LogP) is 4.54. The number of nitrogens with one attached hydrogen (secondary N) is 1. The van der Waals surface area contributed by atoms with Gasteiger partial charge in [-0.05, 0) is 49.7 Å². The van der Waals surface area contributed by atoms with Crippen LogP contribution in [0.3, 0.4) is 0 Å². The Hall–Kier alpha value is -1.78. The van der Waals surface area contributed by atoms with E-state index in [9.17, 15) is 4.79 Å². The lowest BCUT2D eigenvalue weighted by Gasteiger charge is -2.30. The lowest BCUT2D eigenvalue weighted by Crippen LogP contribution is -2.38. The van der Waals surface area contributed by atoms with Gasteiger partial charge in [0, 0.05) is 18.0 Å². The minimum absolute atomic E-state index is 0. The highest BCUT2D eigenvalue weighted by Gasteiger charge is 2.27. The molecule has 1 aliphatic carbocycles. The summed E-state index contributed by atoms with van der Waals surface area (Å²) >= 11 is 0. The van der Waals surface area contributed by atoms with Crippen molar-refractivity contribution in [1.29, 1.82) is 0 Å². The van der Waals surface area contributed by atoms with E-state index in [1.165, 1.54) is 23.6 Å². The molecule has 0 spiro atoms. The van der Waals surface area contributed by atoms with Crippen molar-refractivity contribution in [3.63, 3.8) is 0 Å². The van der Waals surface area contributed by atoms with E-state index in [4.69, 9.17) is 4.74 Å². The van der Waals surface area contributed by atoms with Crippen LogP contribution in [0.5, 0.6) is 5.75 Å². The first-order valence-corrected chi connectivity index (χ1v) is 9.73. The van der Waals surface area contributed by atoms with Crippen molar-refractivity contribution >= 4 is 29.1 Å². The molecule has 0 bridgehead atoms. The zero-order chi connectivity index (χ0) is 18.4. The Morgan fingerprint density at radius 1 is 1.19 bits per heavy atom. The lowest BCUT2D eigenvalue weighted by molar-refractivity contribution is -0.134. The molecule has 1 fully saturated rings. The Morgan fingerprint density at radius 2 is 1.93 bits per heavy atom. The smallest absolute Gasteiger partial charge is 0.223 e. The third kappa shape index (κ3) is 5.14. The van der Waals surface area contributed by atoms with E-state index in [1.807, 2.05) is 13.1 Å². The molecule has 148 valence electrons. The monoisotopic (exact) mass is 390 g/mol. The van der Waals surface area contributed by atoms with Crippen LogP contribution in [-0.2, 0) is 11.3 Å². The molecule has 3 rings (SSSR count). The molecule has 0 unspecified atom stereocenters. The maximum atomic E-state index is 13.0. The van der Waals surface area contributed by atoms with Gasteiger partial charge < -0.3 is 15.0 Å². The third-order valence-electron chi connectivity index (χ3n) is 5.45. The minimum Gasteiger partial charge on any atom is -0.496 e. The van der Waals surface area contributed by atoms with Crippen LogP contribution in [0.15, 0.2) is 36.4 Å². The summed E-state index contributed by atoms with van der Waals surface area (Å²) in [6.45, 7) is 1.51. The summed E-state index contributed by atoms with van der Waals surface area (Å²) in [5.41, 5.74) is 1.12. The fraction of sp³-hybridized carbons (Fsp3) is 0.500.